The van der Waals surface area contributed by atoms with Crippen molar-refractivity contribution in [2.75, 3.05) is 0 Å². The fourth-order valence-corrected chi connectivity index (χ4v) is 4.20. The number of carboxylic acids is 1. The van der Waals surface area contributed by atoms with Crippen molar-refractivity contribution in [2.45, 2.75) is 18.6 Å². The van der Waals surface area contributed by atoms with Crippen LogP contribution in [-0.2, 0) is 22.2 Å². The van der Waals surface area contributed by atoms with Crippen LogP contribution < -0.4 is 5.32 Å². The monoisotopic (exact) mass is 522 g/mol. The van der Waals surface area contributed by atoms with Gasteiger partial charge in [0.25, 0.3) is 11.7 Å². The summed E-state index contributed by atoms with van der Waals surface area (Å²) in [5, 5.41) is 12.6. The number of ketones is 1. The van der Waals surface area contributed by atoms with Gasteiger partial charge < -0.3 is 10.4 Å². The summed E-state index contributed by atoms with van der Waals surface area (Å²) in [5.41, 5.74) is 0.882. The van der Waals surface area contributed by atoms with Crippen molar-refractivity contribution in [1.82, 2.24) is 10.3 Å². The van der Waals surface area contributed by atoms with Crippen LogP contribution in [0.15, 0.2) is 72.9 Å². The summed E-state index contributed by atoms with van der Waals surface area (Å²) in [6.45, 7) is 0. The van der Waals surface area contributed by atoms with E-state index in [1.807, 2.05) is 24.3 Å². The number of halogens is 3. The number of aromatic nitrogens is 1. The quantitative estimate of drug-likeness (QED) is 0.217. The topological polar surface area (TPSA) is 96.4 Å². The molecule has 0 bridgehead atoms. The molecule has 6 nitrogen and oxygen atoms in total. The van der Waals surface area contributed by atoms with Gasteiger partial charge in [-0.05, 0) is 54.1 Å². The van der Waals surface area contributed by atoms with Crippen LogP contribution in [-0.4, -0.2) is 33.8 Å². The van der Waals surface area contributed by atoms with Crippen molar-refractivity contribution in [1.29, 1.82) is 0 Å². The molecule has 0 aliphatic rings. The predicted molar refractivity (Wildman–Crippen MR) is 131 cm³/mol. The lowest BCUT2D eigenvalue weighted by Gasteiger charge is -2.14. The van der Waals surface area contributed by atoms with Gasteiger partial charge in [0.1, 0.15) is 6.04 Å². The molecule has 0 spiro atoms. The van der Waals surface area contributed by atoms with Gasteiger partial charge >= 0.3 is 12.1 Å². The van der Waals surface area contributed by atoms with Crippen molar-refractivity contribution < 1.29 is 32.7 Å². The van der Waals surface area contributed by atoms with E-state index in [4.69, 9.17) is 0 Å². The average Bonchev–Trinajstić information content (AvgIpc) is 3.35. The third-order valence-corrected chi connectivity index (χ3v) is 6.27. The molecule has 0 aliphatic heterocycles. The molecule has 186 valence electrons. The highest BCUT2D eigenvalue weighted by atomic mass is 32.1. The molecule has 10 heteroatoms. The summed E-state index contributed by atoms with van der Waals surface area (Å²) in [6.07, 6.45) is -2.99. The number of nitrogens with one attached hydrogen (secondary N) is 1. The molecule has 0 fully saturated rings. The maximum atomic E-state index is 12.7. The van der Waals surface area contributed by atoms with Crippen LogP contribution in [0.25, 0.3) is 10.9 Å². The van der Waals surface area contributed by atoms with Crippen LogP contribution in [0.2, 0.25) is 0 Å². The minimum Gasteiger partial charge on any atom is -0.480 e. The van der Waals surface area contributed by atoms with E-state index in [-0.39, 0.29) is 11.3 Å². The number of Topliss-reactive ketones (excluding diaryl/α,β-unsaturated/α-hetero) is 1. The van der Waals surface area contributed by atoms with Gasteiger partial charge in [-0.15, -0.1) is 11.3 Å². The van der Waals surface area contributed by atoms with Crippen LogP contribution in [0.4, 0.5) is 13.2 Å². The Labute approximate surface area is 212 Å². The van der Waals surface area contributed by atoms with Crippen LogP contribution in [0.5, 0.6) is 0 Å². The Bertz CT molecular complexity index is 1550. The number of carboxylic acid groups (broad SMARTS) is 1. The first-order chi connectivity index (χ1) is 17.6. The normalized spacial score (nSPS) is 11.9. The SMILES string of the molecule is O=C(NC(Cc1cnc2ccccc2c1)C(=O)O)C(=O)c1ccc(C#Cc2ccc(C(F)(F)F)cc2)s1. The number of nitrogens with zero attached hydrogens (tertiary/aromatic N) is 1. The number of hydrogen-bond donors (Lipinski definition) is 2. The number of aliphatic carboxylic acids is 1. The zero-order chi connectivity index (χ0) is 26.6. The maximum absolute atomic E-state index is 12.7. The molecule has 4 rings (SSSR count). The van der Waals surface area contributed by atoms with E-state index >= 15 is 0 Å². The van der Waals surface area contributed by atoms with Crippen molar-refractivity contribution in [3.8, 4) is 11.8 Å². The van der Waals surface area contributed by atoms with Gasteiger partial charge in [0.2, 0.25) is 0 Å². The standard InChI is InChI=1S/C27H17F3N2O4S/c28-27(29,30)19-8-5-16(6-9-19)7-10-20-11-12-23(37-20)24(33)25(34)32-22(26(35)36)14-17-13-18-3-1-2-4-21(18)31-15-17/h1-6,8-9,11-13,15,22H,14H2,(H,32,34)(H,35,36). The molecule has 2 aromatic heterocycles. The molecular formula is C27H17F3N2O4S. The first-order valence-corrected chi connectivity index (χ1v) is 11.6. The van der Waals surface area contributed by atoms with Gasteiger partial charge in [-0.2, -0.15) is 13.2 Å². The molecule has 0 radical (unpaired) electrons. The number of benzene rings is 2. The summed E-state index contributed by atoms with van der Waals surface area (Å²) >= 11 is 0.915. The van der Waals surface area contributed by atoms with Crippen LogP contribution >= 0.6 is 11.3 Å². The van der Waals surface area contributed by atoms with Gasteiger partial charge in [-0.3, -0.25) is 14.6 Å². The lowest BCUT2D eigenvalue weighted by molar-refractivity contribution is -0.141. The summed E-state index contributed by atoms with van der Waals surface area (Å²) in [5.74, 6) is 2.15. The molecule has 2 N–H and O–H groups in total. The minimum absolute atomic E-state index is 0.0470. The number of hydrogen-bond acceptors (Lipinski definition) is 5. The largest absolute Gasteiger partial charge is 0.480 e. The zero-order valence-electron chi connectivity index (χ0n) is 18.9. The first-order valence-electron chi connectivity index (χ1n) is 10.8. The number of carbonyl (C=O) groups is 3. The maximum Gasteiger partial charge on any atom is 0.416 e. The predicted octanol–water partition coefficient (Wildman–Crippen LogP) is 4.71. The molecule has 0 aliphatic carbocycles. The Balaban J connectivity index is 1.42. The molecule has 2 heterocycles. The Kier molecular flexibility index (Phi) is 7.36. The second-order valence-corrected chi connectivity index (χ2v) is 9.01. The van der Waals surface area contributed by atoms with E-state index in [0.717, 1.165) is 34.4 Å². The zero-order valence-corrected chi connectivity index (χ0v) is 19.7. The van der Waals surface area contributed by atoms with Crippen molar-refractivity contribution in [3.05, 3.63) is 99.4 Å². The molecule has 4 aromatic rings. The van der Waals surface area contributed by atoms with Crippen LogP contribution in [0.1, 0.15) is 31.2 Å². The number of carbonyl (C=O) groups excluding carboxylic acids is 2. The van der Waals surface area contributed by atoms with Gasteiger partial charge in [0.15, 0.2) is 0 Å². The molecule has 0 saturated carbocycles. The number of para-hydroxylation sites is 1. The van der Waals surface area contributed by atoms with Crippen LogP contribution in [0, 0.1) is 11.8 Å². The second-order valence-electron chi connectivity index (χ2n) is 7.92. The van der Waals surface area contributed by atoms with E-state index in [1.165, 1.54) is 30.5 Å². The lowest BCUT2D eigenvalue weighted by Crippen LogP contribution is -2.45. The second kappa shape index (κ2) is 10.6. The highest BCUT2D eigenvalue weighted by Crippen LogP contribution is 2.29. The Morgan fingerprint density at radius 2 is 1.73 bits per heavy atom. The number of rotatable bonds is 6. The van der Waals surface area contributed by atoms with Gasteiger partial charge in [0.05, 0.1) is 20.8 Å². The molecule has 1 atom stereocenters. The Morgan fingerprint density at radius 1 is 1.00 bits per heavy atom. The number of amides is 1. The van der Waals surface area contributed by atoms with E-state index in [2.05, 4.69) is 22.1 Å². The summed E-state index contributed by atoms with van der Waals surface area (Å²) in [7, 11) is 0. The van der Waals surface area contributed by atoms with E-state index in [9.17, 15) is 32.7 Å². The molecule has 0 saturated heterocycles. The number of fused-ring (bicyclic) bond motifs is 1. The molecule has 1 amide bonds. The number of alkyl halides is 3. The van der Waals surface area contributed by atoms with Gasteiger partial charge in [0, 0.05) is 23.6 Å². The van der Waals surface area contributed by atoms with Gasteiger partial charge in [-0.1, -0.05) is 30.0 Å². The minimum atomic E-state index is -4.44. The third kappa shape index (κ3) is 6.39. The molecule has 37 heavy (non-hydrogen) atoms. The average molecular weight is 523 g/mol. The number of thiophene rings is 1. The van der Waals surface area contributed by atoms with Crippen molar-refractivity contribution >= 4 is 39.9 Å². The molecule has 2 aromatic carbocycles. The Morgan fingerprint density at radius 3 is 2.43 bits per heavy atom. The smallest absolute Gasteiger partial charge is 0.416 e. The highest BCUT2D eigenvalue weighted by Gasteiger charge is 2.30. The van der Waals surface area contributed by atoms with Crippen molar-refractivity contribution in [2.24, 2.45) is 0 Å². The van der Waals surface area contributed by atoms with Gasteiger partial charge in [-0.25, -0.2) is 4.79 Å². The number of pyridine rings is 1. The first kappa shape index (κ1) is 25.6. The highest BCUT2D eigenvalue weighted by molar-refractivity contribution is 7.15. The Hall–Kier alpha value is -4.49. The fraction of sp³-hybridized carbons (Fsp3) is 0.111. The van der Waals surface area contributed by atoms with Crippen molar-refractivity contribution in [3.63, 3.8) is 0 Å². The van der Waals surface area contributed by atoms with E-state index in [1.54, 1.807) is 6.07 Å². The fourth-order valence-electron chi connectivity index (χ4n) is 3.40. The van der Waals surface area contributed by atoms with E-state index < -0.39 is 35.4 Å². The summed E-state index contributed by atoms with van der Waals surface area (Å²) in [4.78, 5) is 41.6. The lowest BCUT2D eigenvalue weighted by atomic mass is 10.1. The summed E-state index contributed by atoms with van der Waals surface area (Å²) < 4.78 is 38.0. The molecular weight excluding hydrogens is 505 g/mol. The van der Waals surface area contributed by atoms with Crippen LogP contribution in [0.3, 0.4) is 0 Å². The van der Waals surface area contributed by atoms with E-state index in [0.29, 0.717) is 16.0 Å². The molecule has 1 unspecified atom stereocenters. The third-order valence-electron chi connectivity index (χ3n) is 5.27. The summed E-state index contributed by atoms with van der Waals surface area (Å²) in [6, 6.07) is 14.9.